The minimum absolute atomic E-state index is 0.235. The lowest BCUT2D eigenvalue weighted by atomic mass is 9.87. The van der Waals surface area contributed by atoms with Gasteiger partial charge in [-0.3, -0.25) is 5.10 Å². The second-order valence-electron chi connectivity index (χ2n) is 7.74. The molecule has 33 heavy (non-hydrogen) atoms. The number of aromatic amines is 1. The number of nitrogens with zero attached hydrogens (tertiary/aromatic N) is 1. The van der Waals surface area contributed by atoms with Gasteiger partial charge in [0.1, 0.15) is 0 Å². The van der Waals surface area contributed by atoms with Crippen LogP contribution >= 0.6 is 0 Å². The second kappa shape index (κ2) is 8.67. The molecule has 0 saturated carbocycles. The molecular weight excluding hydrogens is 416 g/mol. The third-order valence-electron chi connectivity index (χ3n) is 5.72. The van der Waals surface area contributed by atoms with Crippen molar-refractivity contribution in [1.29, 1.82) is 0 Å². The molecule has 4 aromatic rings. The SMILES string of the molecule is CCC(=C(c1ccc(C=CC(=O)O)cc1)c1ccc2[nH]ncc2c1)c1ccc2c(c1)OCO2. The third kappa shape index (κ3) is 4.11. The number of ether oxygens (including phenoxy) is 2. The van der Waals surface area contributed by atoms with Crippen molar-refractivity contribution in [1.82, 2.24) is 10.2 Å². The number of H-pyrrole nitrogens is 1. The highest BCUT2D eigenvalue weighted by molar-refractivity contribution is 6.00. The Morgan fingerprint density at radius 1 is 1.00 bits per heavy atom. The van der Waals surface area contributed by atoms with Crippen molar-refractivity contribution in [3.05, 3.63) is 95.2 Å². The van der Waals surface area contributed by atoms with Crippen molar-refractivity contribution in [2.75, 3.05) is 6.79 Å². The highest BCUT2D eigenvalue weighted by Gasteiger charge is 2.18. The molecule has 0 unspecified atom stereocenters. The summed E-state index contributed by atoms with van der Waals surface area (Å²) >= 11 is 0. The zero-order valence-corrected chi connectivity index (χ0v) is 18.0. The number of fused-ring (bicyclic) bond motifs is 2. The molecule has 2 heterocycles. The van der Waals surface area contributed by atoms with Gasteiger partial charge in [-0.1, -0.05) is 43.3 Å². The van der Waals surface area contributed by atoms with Crippen LogP contribution in [0.25, 0.3) is 28.1 Å². The lowest BCUT2D eigenvalue weighted by Gasteiger charge is -2.17. The molecule has 1 aromatic heterocycles. The Morgan fingerprint density at radius 3 is 2.55 bits per heavy atom. The first-order valence-electron chi connectivity index (χ1n) is 10.7. The molecule has 6 nitrogen and oxygen atoms in total. The van der Waals surface area contributed by atoms with E-state index in [-0.39, 0.29) is 6.79 Å². The summed E-state index contributed by atoms with van der Waals surface area (Å²) in [5, 5.41) is 17.1. The van der Waals surface area contributed by atoms with E-state index >= 15 is 0 Å². The van der Waals surface area contributed by atoms with Crippen molar-refractivity contribution >= 4 is 34.1 Å². The number of carbonyl (C=O) groups is 1. The van der Waals surface area contributed by atoms with Crippen molar-refractivity contribution < 1.29 is 19.4 Å². The van der Waals surface area contributed by atoms with Gasteiger partial charge in [-0.25, -0.2) is 4.79 Å². The molecule has 0 bridgehead atoms. The van der Waals surface area contributed by atoms with Crippen molar-refractivity contribution in [2.45, 2.75) is 13.3 Å². The Morgan fingerprint density at radius 2 is 1.76 bits per heavy atom. The summed E-state index contributed by atoms with van der Waals surface area (Å²) in [4.78, 5) is 10.9. The van der Waals surface area contributed by atoms with Crippen molar-refractivity contribution in [3.63, 3.8) is 0 Å². The summed E-state index contributed by atoms with van der Waals surface area (Å²) in [7, 11) is 0. The quantitative estimate of drug-likeness (QED) is 0.295. The molecule has 0 atom stereocenters. The summed E-state index contributed by atoms with van der Waals surface area (Å²) in [5.41, 5.74) is 7.27. The van der Waals surface area contributed by atoms with Crippen LogP contribution in [-0.4, -0.2) is 28.1 Å². The van der Waals surface area contributed by atoms with Gasteiger partial charge in [0.15, 0.2) is 11.5 Å². The first-order valence-corrected chi connectivity index (χ1v) is 10.7. The number of carboxylic acids is 1. The molecular formula is C27H22N2O4. The van der Waals surface area contributed by atoms with E-state index in [1.165, 1.54) is 5.57 Å². The van der Waals surface area contributed by atoms with Crippen LogP contribution in [0.2, 0.25) is 0 Å². The van der Waals surface area contributed by atoms with Crippen LogP contribution in [-0.2, 0) is 4.79 Å². The first kappa shape index (κ1) is 20.6. The summed E-state index contributed by atoms with van der Waals surface area (Å²) in [5.74, 6) is 0.534. The summed E-state index contributed by atoms with van der Waals surface area (Å²) in [6.45, 7) is 2.37. The summed E-state index contributed by atoms with van der Waals surface area (Å²) < 4.78 is 11.1. The topological polar surface area (TPSA) is 84.4 Å². The molecule has 6 heteroatoms. The van der Waals surface area contributed by atoms with Gasteiger partial charge in [-0.05, 0) is 70.2 Å². The van der Waals surface area contributed by atoms with Gasteiger partial charge in [-0.2, -0.15) is 5.10 Å². The highest BCUT2D eigenvalue weighted by atomic mass is 16.7. The molecule has 0 fully saturated rings. The Bertz CT molecular complexity index is 1400. The van der Waals surface area contributed by atoms with Gasteiger partial charge in [0.05, 0.1) is 11.7 Å². The maximum absolute atomic E-state index is 10.9. The van der Waals surface area contributed by atoms with E-state index < -0.39 is 5.97 Å². The smallest absolute Gasteiger partial charge is 0.328 e. The molecule has 0 amide bonds. The molecule has 5 rings (SSSR count). The molecule has 0 spiro atoms. The number of nitrogens with one attached hydrogen (secondary N) is 1. The standard InChI is InChI=1S/C27H22N2O4/c1-2-22(19-9-11-24-25(14-19)33-16-32-24)27(20-8-10-23-21(13-20)15-28-29-23)18-6-3-17(4-7-18)5-12-26(30)31/h3-15H,2,16H2,1H3,(H,28,29)(H,30,31). The summed E-state index contributed by atoms with van der Waals surface area (Å²) in [6, 6.07) is 20.2. The summed E-state index contributed by atoms with van der Waals surface area (Å²) in [6.07, 6.45) is 5.36. The van der Waals surface area contributed by atoms with Gasteiger partial charge in [-0.15, -0.1) is 0 Å². The van der Waals surface area contributed by atoms with E-state index in [2.05, 4.69) is 35.3 Å². The number of rotatable bonds is 6. The molecule has 0 radical (unpaired) electrons. The molecule has 1 aliphatic heterocycles. The minimum Gasteiger partial charge on any atom is -0.478 e. The maximum Gasteiger partial charge on any atom is 0.328 e. The van der Waals surface area contributed by atoms with E-state index in [9.17, 15) is 4.79 Å². The highest BCUT2D eigenvalue weighted by Crippen LogP contribution is 2.40. The number of carboxylic acid groups (broad SMARTS) is 1. The number of aromatic nitrogens is 2. The van der Waals surface area contributed by atoms with Gasteiger partial charge < -0.3 is 14.6 Å². The predicted octanol–water partition coefficient (Wildman–Crippen LogP) is 5.76. The molecule has 2 N–H and O–H groups in total. The fraction of sp³-hybridized carbons (Fsp3) is 0.111. The van der Waals surface area contributed by atoms with Crippen LogP contribution in [0.5, 0.6) is 11.5 Å². The lowest BCUT2D eigenvalue weighted by Crippen LogP contribution is -1.96. The predicted molar refractivity (Wildman–Crippen MR) is 128 cm³/mol. The Kier molecular flexibility index (Phi) is 5.40. The first-order chi connectivity index (χ1) is 16.1. The zero-order chi connectivity index (χ0) is 22.8. The Hall–Kier alpha value is -4.32. The van der Waals surface area contributed by atoms with E-state index in [0.717, 1.165) is 62.7 Å². The molecule has 0 saturated heterocycles. The second-order valence-corrected chi connectivity index (χ2v) is 7.74. The van der Waals surface area contributed by atoms with Crippen LogP contribution in [0.1, 0.15) is 35.6 Å². The van der Waals surface area contributed by atoms with Crippen LogP contribution in [0, 0.1) is 0 Å². The van der Waals surface area contributed by atoms with Crippen LogP contribution in [0.4, 0.5) is 0 Å². The average molecular weight is 438 g/mol. The van der Waals surface area contributed by atoms with Crippen LogP contribution in [0.15, 0.2) is 72.9 Å². The minimum atomic E-state index is -0.968. The van der Waals surface area contributed by atoms with E-state index in [4.69, 9.17) is 14.6 Å². The number of hydrogen-bond acceptors (Lipinski definition) is 4. The number of hydrogen-bond donors (Lipinski definition) is 2. The van der Waals surface area contributed by atoms with Crippen LogP contribution in [0.3, 0.4) is 0 Å². The van der Waals surface area contributed by atoms with Gasteiger partial charge >= 0.3 is 5.97 Å². The largest absolute Gasteiger partial charge is 0.478 e. The lowest BCUT2D eigenvalue weighted by molar-refractivity contribution is -0.131. The molecule has 0 aliphatic carbocycles. The van der Waals surface area contributed by atoms with E-state index in [1.807, 2.05) is 48.7 Å². The van der Waals surface area contributed by atoms with Gasteiger partial charge in [0, 0.05) is 11.5 Å². The Balaban J connectivity index is 1.68. The fourth-order valence-electron chi connectivity index (χ4n) is 4.15. The number of aliphatic carboxylic acids is 1. The molecule has 3 aromatic carbocycles. The zero-order valence-electron chi connectivity index (χ0n) is 18.0. The Labute approximate surface area is 190 Å². The number of benzene rings is 3. The van der Waals surface area contributed by atoms with Crippen LogP contribution < -0.4 is 9.47 Å². The van der Waals surface area contributed by atoms with Crippen molar-refractivity contribution in [2.24, 2.45) is 0 Å². The number of allylic oxidation sites excluding steroid dienone is 1. The van der Waals surface area contributed by atoms with Gasteiger partial charge in [0.25, 0.3) is 0 Å². The fourth-order valence-corrected chi connectivity index (χ4v) is 4.15. The van der Waals surface area contributed by atoms with Gasteiger partial charge in [0.2, 0.25) is 6.79 Å². The average Bonchev–Trinajstić information content (AvgIpc) is 3.50. The normalized spacial score (nSPS) is 13.5. The third-order valence-corrected chi connectivity index (χ3v) is 5.72. The maximum atomic E-state index is 10.9. The monoisotopic (exact) mass is 438 g/mol. The van der Waals surface area contributed by atoms with E-state index in [1.54, 1.807) is 6.08 Å². The molecule has 164 valence electrons. The molecule has 1 aliphatic rings. The van der Waals surface area contributed by atoms with Crippen molar-refractivity contribution in [3.8, 4) is 11.5 Å². The van der Waals surface area contributed by atoms with E-state index in [0.29, 0.717) is 0 Å².